The Labute approximate surface area is 181 Å². The van der Waals surface area contributed by atoms with Crippen LogP contribution in [0.15, 0.2) is 47.3 Å². The Balaban J connectivity index is 2.12. The Bertz CT molecular complexity index is 1300. The second kappa shape index (κ2) is 8.93. The number of nitrogens with zero attached hydrogens (tertiary/aromatic N) is 1. The standard InChI is InChI=1S/C22H17N3O7/c1-31-15-7-4-12(8-13(15)10-32-14-5-2-11(9-23)3-6-14)16-17(21(27)28)19(24)25-20(26)18(16)22(29)30/h2-8H,10H2,1H3,(H,27,28)(H,29,30)(H3,24,25,26). The number of aromatic nitrogens is 1. The highest BCUT2D eigenvalue weighted by Gasteiger charge is 2.27. The summed E-state index contributed by atoms with van der Waals surface area (Å²) in [5.41, 5.74) is 4.10. The van der Waals surface area contributed by atoms with Crippen molar-refractivity contribution in [3.63, 3.8) is 0 Å². The first-order valence-corrected chi connectivity index (χ1v) is 9.09. The molecule has 0 spiro atoms. The van der Waals surface area contributed by atoms with E-state index < -0.39 is 34.4 Å². The van der Waals surface area contributed by atoms with Gasteiger partial charge in [0.15, 0.2) is 0 Å². The quantitative estimate of drug-likeness (QED) is 0.434. The molecule has 0 saturated heterocycles. The molecule has 3 aromatic rings. The molecule has 0 amide bonds. The molecule has 0 atom stereocenters. The van der Waals surface area contributed by atoms with Crippen LogP contribution in [0.2, 0.25) is 0 Å². The lowest BCUT2D eigenvalue weighted by Gasteiger charge is -2.15. The minimum absolute atomic E-state index is 0.0214. The molecule has 162 valence electrons. The number of carboxylic acids is 2. The molecule has 0 bridgehead atoms. The van der Waals surface area contributed by atoms with Crippen LogP contribution in [-0.4, -0.2) is 34.2 Å². The van der Waals surface area contributed by atoms with Crippen LogP contribution < -0.4 is 20.8 Å². The molecule has 0 aliphatic carbocycles. The normalized spacial score (nSPS) is 10.2. The van der Waals surface area contributed by atoms with Gasteiger partial charge < -0.3 is 30.4 Å². The van der Waals surface area contributed by atoms with Gasteiger partial charge in [0.2, 0.25) is 0 Å². The monoisotopic (exact) mass is 435 g/mol. The van der Waals surface area contributed by atoms with Gasteiger partial charge in [-0.05, 0) is 42.0 Å². The van der Waals surface area contributed by atoms with Gasteiger partial charge in [-0.15, -0.1) is 0 Å². The Morgan fingerprint density at radius 2 is 1.75 bits per heavy atom. The predicted molar refractivity (Wildman–Crippen MR) is 113 cm³/mol. The molecular weight excluding hydrogens is 418 g/mol. The minimum atomic E-state index is -1.60. The second-order valence-electron chi connectivity index (χ2n) is 6.55. The van der Waals surface area contributed by atoms with Crippen molar-refractivity contribution < 1.29 is 29.3 Å². The molecule has 10 nitrogen and oxygen atoms in total. The largest absolute Gasteiger partial charge is 0.496 e. The smallest absolute Gasteiger partial charge is 0.342 e. The van der Waals surface area contributed by atoms with E-state index in [0.29, 0.717) is 22.6 Å². The number of methoxy groups -OCH3 is 1. The first kappa shape index (κ1) is 21.9. The number of benzene rings is 2. The van der Waals surface area contributed by atoms with Crippen molar-refractivity contribution in [2.24, 2.45) is 0 Å². The lowest BCUT2D eigenvalue weighted by atomic mass is 9.94. The molecule has 1 aromatic heterocycles. The van der Waals surface area contributed by atoms with Crippen molar-refractivity contribution in [2.75, 3.05) is 12.8 Å². The van der Waals surface area contributed by atoms with Crippen molar-refractivity contribution in [2.45, 2.75) is 6.61 Å². The third-order valence-electron chi connectivity index (χ3n) is 4.62. The number of H-pyrrole nitrogens is 1. The zero-order valence-corrected chi connectivity index (χ0v) is 16.7. The summed E-state index contributed by atoms with van der Waals surface area (Å²) in [7, 11) is 1.43. The average molecular weight is 435 g/mol. The van der Waals surface area contributed by atoms with E-state index in [4.69, 9.17) is 20.5 Å². The number of pyridine rings is 1. The van der Waals surface area contributed by atoms with Gasteiger partial charge in [-0.1, -0.05) is 6.07 Å². The molecule has 0 fully saturated rings. The van der Waals surface area contributed by atoms with Crippen LogP contribution in [0.4, 0.5) is 5.82 Å². The summed E-state index contributed by atoms with van der Waals surface area (Å²) in [6, 6.07) is 12.8. The van der Waals surface area contributed by atoms with Crippen molar-refractivity contribution in [1.82, 2.24) is 4.98 Å². The molecule has 32 heavy (non-hydrogen) atoms. The SMILES string of the molecule is COc1ccc(-c2c(C(=O)O)c(N)[nH]c(=O)c2C(=O)O)cc1COc1ccc(C#N)cc1. The van der Waals surface area contributed by atoms with Gasteiger partial charge in [0.25, 0.3) is 5.56 Å². The van der Waals surface area contributed by atoms with Crippen LogP contribution in [0.25, 0.3) is 11.1 Å². The molecule has 2 aromatic carbocycles. The molecule has 3 rings (SSSR count). The maximum Gasteiger partial charge on any atom is 0.342 e. The van der Waals surface area contributed by atoms with E-state index in [1.807, 2.05) is 6.07 Å². The fraction of sp³-hybridized carbons (Fsp3) is 0.0909. The van der Waals surface area contributed by atoms with Crippen molar-refractivity contribution in [3.8, 4) is 28.7 Å². The van der Waals surface area contributed by atoms with Gasteiger partial charge in [0.05, 0.1) is 18.7 Å². The van der Waals surface area contributed by atoms with Gasteiger partial charge in [-0.2, -0.15) is 5.26 Å². The van der Waals surface area contributed by atoms with E-state index in [9.17, 15) is 24.6 Å². The van der Waals surface area contributed by atoms with Crippen LogP contribution in [0.5, 0.6) is 11.5 Å². The Kier molecular flexibility index (Phi) is 6.11. The first-order chi connectivity index (χ1) is 15.3. The lowest BCUT2D eigenvalue weighted by molar-refractivity contribution is 0.0695. The summed E-state index contributed by atoms with van der Waals surface area (Å²) >= 11 is 0. The molecule has 1 heterocycles. The molecule has 0 saturated carbocycles. The Morgan fingerprint density at radius 3 is 2.31 bits per heavy atom. The van der Waals surface area contributed by atoms with Crippen LogP contribution in [0.1, 0.15) is 31.8 Å². The number of anilines is 1. The molecule has 0 radical (unpaired) electrons. The highest BCUT2D eigenvalue weighted by atomic mass is 16.5. The van der Waals surface area contributed by atoms with E-state index in [1.54, 1.807) is 24.3 Å². The van der Waals surface area contributed by atoms with Crippen molar-refractivity contribution in [1.29, 1.82) is 5.26 Å². The highest BCUT2D eigenvalue weighted by molar-refractivity contribution is 6.07. The Morgan fingerprint density at radius 1 is 1.09 bits per heavy atom. The lowest BCUT2D eigenvalue weighted by Crippen LogP contribution is -2.24. The zero-order chi connectivity index (χ0) is 23.4. The molecule has 0 aliphatic heterocycles. The third-order valence-corrected chi connectivity index (χ3v) is 4.62. The summed E-state index contributed by atoms with van der Waals surface area (Å²) in [5, 5.41) is 28.0. The Hall–Kier alpha value is -4.78. The van der Waals surface area contributed by atoms with Crippen LogP contribution in [-0.2, 0) is 6.61 Å². The molecule has 10 heteroatoms. The van der Waals surface area contributed by atoms with E-state index in [2.05, 4.69) is 4.98 Å². The number of rotatable bonds is 7. The number of nitrogens with one attached hydrogen (secondary N) is 1. The van der Waals surface area contributed by atoms with E-state index >= 15 is 0 Å². The number of nitriles is 1. The zero-order valence-electron chi connectivity index (χ0n) is 16.7. The summed E-state index contributed by atoms with van der Waals surface area (Å²) < 4.78 is 11.0. The summed E-state index contributed by atoms with van der Waals surface area (Å²) in [6.45, 7) is -0.0214. The molecule has 0 aliphatic rings. The topological polar surface area (TPSA) is 176 Å². The number of carbonyl (C=O) groups is 2. The second-order valence-corrected chi connectivity index (χ2v) is 6.55. The minimum Gasteiger partial charge on any atom is -0.496 e. The number of nitrogens with two attached hydrogens (primary N) is 1. The van der Waals surface area contributed by atoms with Crippen LogP contribution in [0.3, 0.4) is 0 Å². The molecule has 5 N–H and O–H groups in total. The van der Waals surface area contributed by atoms with Gasteiger partial charge in [-0.25, -0.2) is 9.59 Å². The third kappa shape index (κ3) is 4.22. The van der Waals surface area contributed by atoms with Crippen LogP contribution in [0, 0.1) is 11.3 Å². The van der Waals surface area contributed by atoms with Gasteiger partial charge >= 0.3 is 11.9 Å². The molecular formula is C22H17N3O7. The maximum atomic E-state index is 12.2. The van der Waals surface area contributed by atoms with E-state index in [1.165, 1.54) is 25.3 Å². The predicted octanol–water partition coefficient (Wildman–Crippen LogP) is 2.48. The number of carboxylic acid groups (broad SMARTS) is 2. The van der Waals surface area contributed by atoms with Gasteiger partial charge in [0.1, 0.15) is 35.1 Å². The van der Waals surface area contributed by atoms with E-state index in [0.717, 1.165) is 0 Å². The van der Waals surface area contributed by atoms with Crippen LogP contribution >= 0.6 is 0 Å². The summed E-state index contributed by atoms with van der Waals surface area (Å²) in [6.07, 6.45) is 0. The first-order valence-electron chi connectivity index (χ1n) is 9.09. The average Bonchev–Trinajstić information content (AvgIpc) is 2.76. The maximum absolute atomic E-state index is 12.2. The van der Waals surface area contributed by atoms with Crippen molar-refractivity contribution >= 4 is 17.8 Å². The van der Waals surface area contributed by atoms with Crippen molar-refractivity contribution in [3.05, 3.63) is 75.1 Å². The van der Waals surface area contributed by atoms with E-state index in [-0.39, 0.29) is 17.7 Å². The number of hydrogen-bond donors (Lipinski definition) is 4. The highest BCUT2D eigenvalue weighted by Crippen LogP contribution is 2.33. The number of aromatic carboxylic acids is 2. The summed E-state index contributed by atoms with van der Waals surface area (Å²) in [5.74, 6) is -2.70. The number of ether oxygens (including phenoxy) is 2. The number of nitrogen functional groups attached to an aromatic ring is 1. The van der Waals surface area contributed by atoms with Gasteiger partial charge in [-0.3, -0.25) is 4.79 Å². The van der Waals surface area contributed by atoms with Gasteiger partial charge in [0, 0.05) is 11.1 Å². The fourth-order valence-corrected chi connectivity index (χ4v) is 3.17. The summed E-state index contributed by atoms with van der Waals surface area (Å²) in [4.78, 5) is 37.9. The fourth-order valence-electron chi connectivity index (χ4n) is 3.17. The molecule has 0 unspecified atom stereocenters. The number of hydrogen-bond acceptors (Lipinski definition) is 7. The number of aromatic amines is 1.